The number of thioether (sulfide) groups is 1. The molecule has 0 radical (unpaired) electrons. The lowest BCUT2D eigenvalue weighted by Crippen LogP contribution is -2.25. The second-order valence-corrected chi connectivity index (χ2v) is 9.50. The largest absolute Gasteiger partial charge is 0.349 e. The molecule has 2 aromatic heterocycles. The van der Waals surface area contributed by atoms with E-state index in [1.807, 2.05) is 66.7 Å². The number of H-pyrrole nitrogens is 1. The summed E-state index contributed by atoms with van der Waals surface area (Å²) in [6.45, 7) is 1.81. The number of aromatic nitrogens is 3. The van der Waals surface area contributed by atoms with Crippen molar-refractivity contribution in [2.75, 3.05) is 11.1 Å². The van der Waals surface area contributed by atoms with Crippen LogP contribution in [0.25, 0.3) is 22.3 Å². The summed E-state index contributed by atoms with van der Waals surface area (Å²) in [7, 11) is 0. The fourth-order valence-corrected chi connectivity index (χ4v) is 4.81. The van der Waals surface area contributed by atoms with E-state index in [9.17, 15) is 14.4 Å². The number of nitrogens with zero attached hydrogens (tertiary/aromatic N) is 2. The van der Waals surface area contributed by atoms with Crippen LogP contribution in [0.15, 0.2) is 101 Å². The van der Waals surface area contributed by atoms with E-state index >= 15 is 0 Å². The molecular weight excluding hydrogens is 484 g/mol. The van der Waals surface area contributed by atoms with Crippen LogP contribution in [0.3, 0.4) is 0 Å². The van der Waals surface area contributed by atoms with E-state index in [4.69, 9.17) is 4.98 Å². The molecule has 0 atom stereocenters. The van der Waals surface area contributed by atoms with Gasteiger partial charge in [-0.05, 0) is 36.2 Å². The first-order valence-corrected chi connectivity index (χ1v) is 12.7. The van der Waals surface area contributed by atoms with Gasteiger partial charge in [0, 0.05) is 16.9 Å². The van der Waals surface area contributed by atoms with Gasteiger partial charge in [-0.3, -0.25) is 19.0 Å². The Morgan fingerprint density at radius 2 is 1.68 bits per heavy atom. The highest BCUT2D eigenvalue weighted by atomic mass is 32.2. The molecule has 0 bridgehead atoms. The molecule has 2 N–H and O–H groups in total. The molecule has 1 amide bonds. The average Bonchev–Trinajstić information content (AvgIpc) is 3.35. The second kappa shape index (κ2) is 10.7. The maximum atomic E-state index is 13.6. The average molecular weight is 509 g/mol. The van der Waals surface area contributed by atoms with E-state index in [1.54, 1.807) is 28.8 Å². The lowest BCUT2D eigenvalue weighted by Gasteiger charge is -2.12. The standard InChI is InChI=1S/C29H24N4O3S/c1-19(34)22-13-8-14-23(15-22)30-26(35)18-37-29-32-25-16-24(21-11-6-3-7-12-21)31-27(25)28(36)33(29)17-20-9-4-2-5-10-20/h2-16,31H,17-18H2,1H3,(H,30,35). The molecule has 0 spiro atoms. The topological polar surface area (TPSA) is 96.8 Å². The Balaban J connectivity index is 1.45. The molecule has 0 aliphatic heterocycles. The third-order valence-electron chi connectivity index (χ3n) is 5.86. The molecule has 0 aliphatic rings. The van der Waals surface area contributed by atoms with Gasteiger partial charge in [0.1, 0.15) is 5.52 Å². The van der Waals surface area contributed by atoms with Crippen molar-refractivity contribution >= 4 is 40.2 Å². The number of hydrogen-bond acceptors (Lipinski definition) is 5. The van der Waals surface area contributed by atoms with Gasteiger partial charge in [-0.25, -0.2) is 4.98 Å². The summed E-state index contributed by atoms with van der Waals surface area (Å²) in [5, 5.41) is 3.27. The van der Waals surface area contributed by atoms with Gasteiger partial charge in [-0.15, -0.1) is 0 Å². The number of amides is 1. The summed E-state index contributed by atoms with van der Waals surface area (Å²) >= 11 is 1.20. The van der Waals surface area contributed by atoms with Crippen molar-refractivity contribution < 1.29 is 9.59 Å². The molecule has 3 aromatic carbocycles. The summed E-state index contributed by atoms with van der Waals surface area (Å²) < 4.78 is 1.59. The van der Waals surface area contributed by atoms with Crippen molar-refractivity contribution in [3.63, 3.8) is 0 Å². The Bertz CT molecular complexity index is 1640. The SMILES string of the molecule is CC(=O)c1cccc(NC(=O)CSc2nc3cc(-c4ccccc4)[nH]c3c(=O)n2Cc2ccccc2)c1. The number of carbonyl (C=O) groups excluding carboxylic acids is 2. The van der Waals surface area contributed by atoms with Gasteiger partial charge >= 0.3 is 0 Å². The summed E-state index contributed by atoms with van der Waals surface area (Å²) in [5.74, 6) is -0.285. The van der Waals surface area contributed by atoms with Gasteiger partial charge in [0.25, 0.3) is 5.56 Å². The zero-order valence-corrected chi connectivity index (χ0v) is 20.9. The van der Waals surface area contributed by atoms with E-state index in [2.05, 4.69) is 10.3 Å². The maximum absolute atomic E-state index is 13.6. The third-order valence-corrected chi connectivity index (χ3v) is 6.83. The van der Waals surface area contributed by atoms with Crippen molar-refractivity contribution in [2.45, 2.75) is 18.6 Å². The van der Waals surface area contributed by atoms with Crippen molar-refractivity contribution in [3.8, 4) is 11.3 Å². The molecule has 184 valence electrons. The van der Waals surface area contributed by atoms with E-state index in [1.165, 1.54) is 18.7 Å². The number of hydrogen-bond donors (Lipinski definition) is 2. The van der Waals surface area contributed by atoms with E-state index < -0.39 is 0 Å². The smallest absolute Gasteiger partial charge is 0.278 e. The summed E-state index contributed by atoms with van der Waals surface area (Å²) in [5.41, 5.74) is 4.54. The minimum atomic E-state index is -0.259. The van der Waals surface area contributed by atoms with Gasteiger partial charge < -0.3 is 10.3 Å². The normalized spacial score (nSPS) is 10.9. The molecule has 5 aromatic rings. The molecule has 2 heterocycles. The Kier molecular flexibility index (Phi) is 7.00. The number of benzene rings is 3. The van der Waals surface area contributed by atoms with Gasteiger partial charge in [0.2, 0.25) is 5.91 Å². The minimum Gasteiger partial charge on any atom is -0.349 e. The van der Waals surface area contributed by atoms with E-state index in [-0.39, 0.29) is 23.0 Å². The number of anilines is 1. The number of carbonyl (C=O) groups is 2. The van der Waals surface area contributed by atoms with Crippen LogP contribution < -0.4 is 10.9 Å². The molecular formula is C29H24N4O3S. The second-order valence-electron chi connectivity index (χ2n) is 8.55. The predicted molar refractivity (Wildman–Crippen MR) is 147 cm³/mol. The Hall–Kier alpha value is -4.43. The maximum Gasteiger partial charge on any atom is 0.278 e. The van der Waals surface area contributed by atoms with E-state index in [0.29, 0.717) is 34.0 Å². The summed E-state index contributed by atoms with van der Waals surface area (Å²) in [4.78, 5) is 46.0. The fourth-order valence-electron chi connectivity index (χ4n) is 4.01. The first kappa shape index (κ1) is 24.3. The Morgan fingerprint density at radius 3 is 2.41 bits per heavy atom. The van der Waals surface area contributed by atoms with E-state index in [0.717, 1.165) is 16.8 Å². The van der Waals surface area contributed by atoms with Crippen LogP contribution in [0.5, 0.6) is 0 Å². The van der Waals surface area contributed by atoms with Crippen molar-refractivity contribution in [2.24, 2.45) is 0 Å². The molecule has 0 saturated heterocycles. The lowest BCUT2D eigenvalue weighted by atomic mass is 10.1. The van der Waals surface area contributed by atoms with Crippen LogP contribution in [-0.4, -0.2) is 32.0 Å². The van der Waals surface area contributed by atoms with Crippen LogP contribution >= 0.6 is 11.8 Å². The third kappa shape index (κ3) is 5.54. The molecule has 0 fully saturated rings. The number of rotatable bonds is 8. The highest BCUT2D eigenvalue weighted by molar-refractivity contribution is 7.99. The predicted octanol–water partition coefficient (Wildman–Crippen LogP) is 5.37. The summed E-state index contributed by atoms with van der Waals surface area (Å²) in [6, 6.07) is 28.1. The molecule has 0 saturated carbocycles. The molecule has 5 rings (SSSR count). The Morgan fingerprint density at radius 1 is 0.946 bits per heavy atom. The van der Waals surface area contributed by atoms with Crippen molar-refractivity contribution in [3.05, 3.63) is 112 Å². The number of fused-ring (bicyclic) bond motifs is 1. The number of Topliss-reactive ketones (excluding diaryl/α,β-unsaturated/α-hetero) is 1. The van der Waals surface area contributed by atoms with Gasteiger partial charge in [0.15, 0.2) is 10.9 Å². The number of aromatic amines is 1. The van der Waals surface area contributed by atoms with Crippen LogP contribution in [-0.2, 0) is 11.3 Å². The monoisotopic (exact) mass is 508 g/mol. The first-order valence-electron chi connectivity index (χ1n) is 11.7. The lowest BCUT2D eigenvalue weighted by molar-refractivity contribution is -0.113. The van der Waals surface area contributed by atoms with Gasteiger partial charge in [-0.1, -0.05) is 84.6 Å². The van der Waals surface area contributed by atoms with Crippen LogP contribution in [0, 0.1) is 0 Å². The highest BCUT2D eigenvalue weighted by Crippen LogP contribution is 2.24. The van der Waals surface area contributed by atoms with Crippen molar-refractivity contribution in [1.82, 2.24) is 14.5 Å². The molecule has 37 heavy (non-hydrogen) atoms. The first-order chi connectivity index (χ1) is 18.0. The molecule has 0 aliphatic carbocycles. The molecule has 0 unspecified atom stereocenters. The number of ketones is 1. The Labute approximate surface area is 217 Å². The zero-order chi connectivity index (χ0) is 25.8. The van der Waals surface area contributed by atoms with Gasteiger partial charge in [-0.2, -0.15) is 0 Å². The molecule has 7 nitrogen and oxygen atoms in total. The number of nitrogens with one attached hydrogen (secondary N) is 2. The quantitative estimate of drug-likeness (QED) is 0.167. The minimum absolute atomic E-state index is 0.0486. The van der Waals surface area contributed by atoms with Crippen molar-refractivity contribution in [1.29, 1.82) is 0 Å². The van der Waals surface area contributed by atoms with Crippen LogP contribution in [0.4, 0.5) is 5.69 Å². The molecule has 8 heteroatoms. The highest BCUT2D eigenvalue weighted by Gasteiger charge is 2.17. The van der Waals surface area contributed by atoms with Crippen LogP contribution in [0.2, 0.25) is 0 Å². The zero-order valence-electron chi connectivity index (χ0n) is 20.1. The summed E-state index contributed by atoms with van der Waals surface area (Å²) in [6.07, 6.45) is 0. The van der Waals surface area contributed by atoms with Gasteiger partial charge in [0.05, 0.1) is 17.8 Å². The fraction of sp³-hybridized carbons (Fsp3) is 0.103. The van der Waals surface area contributed by atoms with Crippen LogP contribution in [0.1, 0.15) is 22.8 Å².